The van der Waals surface area contributed by atoms with Crippen LogP contribution < -0.4 is 10.0 Å². The summed E-state index contributed by atoms with van der Waals surface area (Å²) in [4.78, 5) is 11.6. The molecule has 1 aliphatic rings. The second-order valence-electron chi connectivity index (χ2n) is 5.34. The van der Waals surface area contributed by atoms with E-state index >= 15 is 0 Å². The number of sulfonamides is 1. The molecule has 1 aliphatic carbocycles. The summed E-state index contributed by atoms with van der Waals surface area (Å²) in [7, 11) is -3.64. The molecular formula is C14H19FN2O3S. The molecular weight excluding hydrogens is 295 g/mol. The molecule has 2 N–H and O–H groups in total. The van der Waals surface area contributed by atoms with Crippen molar-refractivity contribution in [3.63, 3.8) is 0 Å². The Morgan fingerprint density at radius 3 is 2.52 bits per heavy atom. The van der Waals surface area contributed by atoms with Crippen LogP contribution in [0.15, 0.2) is 29.2 Å². The molecule has 1 aromatic carbocycles. The highest BCUT2D eigenvalue weighted by Gasteiger charge is 2.33. The van der Waals surface area contributed by atoms with E-state index < -0.39 is 15.8 Å². The van der Waals surface area contributed by atoms with Crippen LogP contribution in [0.3, 0.4) is 0 Å². The minimum absolute atomic E-state index is 0.0140. The third kappa shape index (κ3) is 4.78. The van der Waals surface area contributed by atoms with Crippen molar-refractivity contribution < 1.29 is 17.6 Å². The van der Waals surface area contributed by atoms with Crippen LogP contribution in [-0.2, 0) is 14.8 Å². The van der Waals surface area contributed by atoms with Gasteiger partial charge in [-0.15, -0.1) is 0 Å². The number of nitrogens with one attached hydrogen (secondary N) is 2. The third-order valence-corrected chi connectivity index (χ3v) is 4.93. The summed E-state index contributed by atoms with van der Waals surface area (Å²) in [5, 5.41) is 2.88. The van der Waals surface area contributed by atoms with Crippen LogP contribution in [0.4, 0.5) is 4.39 Å². The fraction of sp³-hybridized carbons (Fsp3) is 0.500. The van der Waals surface area contributed by atoms with E-state index in [0.717, 1.165) is 18.6 Å². The molecule has 116 valence electrons. The van der Waals surface area contributed by atoms with Gasteiger partial charge >= 0.3 is 0 Å². The molecule has 1 aromatic rings. The molecule has 2 rings (SSSR count). The Morgan fingerprint density at radius 2 is 1.95 bits per heavy atom. The van der Waals surface area contributed by atoms with Crippen molar-refractivity contribution >= 4 is 15.9 Å². The van der Waals surface area contributed by atoms with Crippen LogP contribution in [0.5, 0.6) is 0 Å². The van der Waals surface area contributed by atoms with Crippen LogP contribution >= 0.6 is 0 Å². The first-order valence-electron chi connectivity index (χ1n) is 6.93. The highest BCUT2D eigenvalue weighted by atomic mass is 32.2. The molecule has 21 heavy (non-hydrogen) atoms. The lowest BCUT2D eigenvalue weighted by atomic mass is 10.3. The number of amides is 1. The SMILES string of the molecule is C[C@H]1C[C@H]1NC(=O)CCCNS(=O)(=O)c1ccc(F)cc1. The van der Waals surface area contributed by atoms with Crippen LogP contribution in [0, 0.1) is 11.7 Å². The van der Waals surface area contributed by atoms with Gasteiger partial charge in [-0.05, 0) is 43.0 Å². The zero-order chi connectivity index (χ0) is 15.5. The molecule has 0 spiro atoms. The van der Waals surface area contributed by atoms with Crippen molar-refractivity contribution in [3.8, 4) is 0 Å². The van der Waals surface area contributed by atoms with E-state index in [1.165, 1.54) is 12.1 Å². The maximum absolute atomic E-state index is 12.7. The molecule has 1 fully saturated rings. The number of rotatable bonds is 7. The van der Waals surface area contributed by atoms with Gasteiger partial charge in [-0.1, -0.05) is 6.92 Å². The standard InChI is InChI=1S/C14H19FN2O3S/c1-10-9-13(10)17-14(18)3-2-8-16-21(19,20)12-6-4-11(15)5-7-12/h4-7,10,13,16H,2-3,8-9H2,1H3,(H,17,18)/t10-,13+/m0/s1. The monoisotopic (exact) mass is 314 g/mol. The first kappa shape index (κ1) is 15.9. The van der Waals surface area contributed by atoms with Crippen molar-refractivity contribution in [2.75, 3.05) is 6.54 Å². The van der Waals surface area contributed by atoms with Gasteiger partial charge in [0.2, 0.25) is 15.9 Å². The number of benzene rings is 1. The Labute approximate surface area is 124 Å². The number of hydrogen-bond donors (Lipinski definition) is 2. The summed E-state index contributed by atoms with van der Waals surface area (Å²) in [5.74, 6) is 0.0104. The molecule has 1 amide bonds. The highest BCUT2D eigenvalue weighted by molar-refractivity contribution is 7.89. The van der Waals surface area contributed by atoms with E-state index in [9.17, 15) is 17.6 Å². The molecule has 0 unspecified atom stereocenters. The fourth-order valence-corrected chi connectivity index (χ4v) is 3.03. The largest absolute Gasteiger partial charge is 0.353 e. The van der Waals surface area contributed by atoms with Gasteiger partial charge in [0, 0.05) is 19.0 Å². The summed E-state index contributed by atoms with van der Waals surface area (Å²) in [6.07, 6.45) is 1.73. The number of halogens is 1. The average Bonchev–Trinajstić information content (AvgIpc) is 3.10. The fourth-order valence-electron chi connectivity index (χ4n) is 1.95. The van der Waals surface area contributed by atoms with Gasteiger partial charge in [-0.3, -0.25) is 4.79 Å². The zero-order valence-electron chi connectivity index (χ0n) is 11.8. The summed E-state index contributed by atoms with van der Waals surface area (Å²) < 4.78 is 38.9. The summed E-state index contributed by atoms with van der Waals surface area (Å²) in [5.41, 5.74) is 0. The molecule has 2 atom stereocenters. The highest BCUT2D eigenvalue weighted by Crippen LogP contribution is 2.28. The summed E-state index contributed by atoms with van der Waals surface area (Å²) in [6.45, 7) is 2.25. The summed E-state index contributed by atoms with van der Waals surface area (Å²) in [6, 6.07) is 4.89. The van der Waals surface area contributed by atoms with Crippen LogP contribution in [0.2, 0.25) is 0 Å². The first-order chi connectivity index (χ1) is 9.88. The van der Waals surface area contributed by atoms with Crippen LogP contribution in [0.1, 0.15) is 26.2 Å². The van der Waals surface area contributed by atoms with Crippen molar-refractivity contribution in [1.29, 1.82) is 0 Å². The predicted molar refractivity (Wildman–Crippen MR) is 76.5 cm³/mol. The van der Waals surface area contributed by atoms with Crippen LogP contribution in [-0.4, -0.2) is 26.9 Å². The molecule has 0 aliphatic heterocycles. The lowest BCUT2D eigenvalue weighted by Crippen LogP contribution is -2.29. The van der Waals surface area contributed by atoms with Gasteiger partial charge < -0.3 is 5.32 Å². The Hall–Kier alpha value is -1.47. The van der Waals surface area contributed by atoms with Gasteiger partial charge in [-0.25, -0.2) is 17.5 Å². The second kappa shape index (κ2) is 6.53. The van der Waals surface area contributed by atoms with Crippen molar-refractivity contribution in [3.05, 3.63) is 30.1 Å². The molecule has 7 heteroatoms. The van der Waals surface area contributed by atoms with E-state index in [-0.39, 0.29) is 29.8 Å². The minimum atomic E-state index is -3.64. The van der Waals surface area contributed by atoms with Crippen molar-refractivity contribution in [2.45, 2.75) is 37.1 Å². The minimum Gasteiger partial charge on any atom is -0.353 e. The van der Waals surface area contributed by atoms with E-state index in [1.54, 1.807) is 0 Å². The molecule has 0 saturated heterocycles. The van der Waals surface area contributed by atoms with E-state index in [4.69, 9.17) is 0 Å². The smallest absolute Gasteiger partial charge is 0.240 e. The van der Waals surface area contributed by atoms with Gasteiger partial charge in [0.25, 0.3) is 0 Å². The van der Waals surface area contributed by atoms with Gasteiger partial charge in [0.15, 0.2) is 0 Å². The van der Waals surface area contributed by atoms with Crippen molar-refractivity contribution in [1.82, 2.24) is 10.0 Å². The molecule has 5 nitrogen and oxygen atoms in total. The average molecular weight is 314 g/mol. The van der Waals surface area contributed by atoms with E-state index in [2.05, 4.69) is 17.0 Å². The predicted octanol–water partition coefficient (Wildman–Crippen LogP) is 1.41. The van der Waals surface area contributed by atoms with Crippen LogP contribution in [0.25, 0.3) is 0 Å². The van der Waals surface area contributed by atoms with E-state index in [0.29, 0.717) is 12.3 Å². The number of carbonyl (C=O) groups excluding carboxylic acids is 1. The lowest BCUT2D eigenvalue weighted by molar-refractivity contribution is -0.121. The van der Waals surface area contributed by atoms with Gasteiger partial charge in [-0.2, -0.15) is 0 Å². The topological polar surface area (TPSA) is 75.3 Å². The number of hydrogen-bond acceptors (Lipinski definition) is 3. The lowest BCUT2D eigenvalue weighted by Gasteiger charge is -2.07. The first-order valence-corrected chi connectivity index (χ1v) is 8.41. The van der Waals surface area contributed by atoms with Crippen molar-refractivity contribution in [2.24, 2.45) is 5.92 Å². The molecule has 0 heterocycles. The molecule has 0 radical (unpaired) electrons. The normalized spacial score (nSPS) is 21.0. The Kier molecular flexibility index (Phi) is 4.95. The summed E-state index contributed by atoms with van der Waals surface area (Å²) >= 11 is 0. The zero-order valence-corrected chi connectivity index (χ0v) is 12.6. The Balaban J connectivity index is 1.72. The second-order valence-corrected chi connectivity index (χ2v) is 7.11. The third-order valence-electron chi connectivity index (χ3n) is 3.45. The quantitative estimate of drug-likeness (QED) is 0.747. The number of carbonyl (C=O) groups is 1. The molecule has 1 saturated carbocycles. The van der Waals surface area contributed by atoms with Gasteiger partial charge in [0.05, 0.1) is 4.90 Å². The van der Waals surface area contributed by atoms with E-state index in [1.807, 2.05) is 0 Å². The molecule has 0 bridgehead atoms. The van der Waals surface area contributed by atoms with Gasteiger partial charge in [0.1, 0.15) is 5.82 Å². The molecule has 0 aromatic heterocycles. The maximum atomic E-state index is 12.7. The Bertz CT molecular complexity index is 601. The maximum Gasteiger partial charge on any atom is 0.240 e. The Morgan fingerprint density at radius 1 is 1.33 bits per heavy atom.